The molecule has 3 rings (SSSR count). The molecule has 0 aliphatic carbocycles. The molecule has 7 nitrogen and oxygen atoms in total. The average molecular weight is 374 g/mol. The molecule has 0 atom stereocenters. The van der Waals surface area contributed by atoms with Gasteiger partial charge in [0.05, 0.1) is 12.8 Å². The molecular weight excluding hydrogens is 348 g/mol. The molecule has 0 aromatic heterocycles. The van der Waals surface area contributed by atoms with E-state index in [9.17, 15) is 14.4 Å². The highest BCUT2D eigenvalue weighted by Gasteiger charge is 2.26. The van der Waals surface area contributed by atoms with E-state index in [1.165, 1.54) is 0 Å². The number of nitrogens with zero attached hydrogens (tertiary/aromatic N) is 1. The topological polar surface area (TPSA) is 95.9 Å². The third-order valence-electron chi connectivity index (χ3n) is 5.17. The Bertz CT molecular complexity index is 712. The highest BCUT2D eigenvalue weighted by atomic mass is 16.5. The molecule has 0 saturated carbocycles. The maximum Gasteiger partial charge on any atom is 0.305 e. The number of rotatable bonds is 8. The Labute approximate surface area is 158 Å². The second-order valence-corrected chi connectivity index (χ2v) is 7.14. The molecule has 146 valence electrons. The van der Waals surface area contributed by atoms with E-state index < -0.39 is 5.97 Å². The Morgan fingerprint density at radius 3 is 2.74 bits per heavy atom. The maximum absolute atomic E-state index is 12.7. The van der Waals surface area contributed by atoms with Gasteiger partial charge in [-0.2, -0.15) is 0 Å². The average Bonchev–Trinajstić information content (AvgIpc) is 3.02. The van der Waals surface area contributed by atoms with Crippen LogP contribution in [0.5, 0.6) is 0 Å². The summed E-state index contributed by atoms with van der Waals surface area (Å²) in [5, 5.41) is 11.8. The zero-order chi connectivity index (χ0) is 19.2. The molecule has 0 unspecified atom stereocenters. The Morgan fingerprint density at radius 2 is 2.00 bits per heavy atom. The number of ether oxygens (including phenoxy) is 1. The number of amides is 2. The molecule has 1 saturated heterocycles. The van der Waals surface area contributed by atoms with Gasteiger partial charge in [0.1, 0.15) is 0 Å². The van der Waals surface area contributed by atoms with Crippen molar-refractivity contribution < 1.29 is 24.2 Å². The zero-order valence-corrected chi connectivity index (χ0v) is 15.4. The van der Waals surface area contributed by atoms with E-state index in [-0.39, 0.29) is 30.8 Å². The number of aryl methyl sites for hydroxylation is 1. The second kappa shape index (κ2) is 8.99. The lowest BCUT2D eigenvalue weighted by atomic mass is 10.0. The van der Waals surface area contributed by atoms with Crippen LogP contribution in [0.25, 0.3) is 0 Å². The molecule has 1 fully saturated rings. The number of hydrogen-bond acceptors (Lipinski definition) is 4. The molecule has 2 N–H and O–H groups in total. The van der Waals surface area contributed by atoms with Crippen LogP contribution in [-0.2, 0) is 32.0 Å². The van der Waals surface area contributed by atoms with Crippen molar-refractivity contribution in [2.75, 3.05) is 25.1 Å². The number of benzene rings is 1. The standard InChI is InChI=1S/C20H26N2O5/c23-18-13-15-12-14(4-5-17(15)21-18)2-1-3-19(24)22(9-6-20(25)26)16-7-10-27-11-8-16/h4-5,12,16H,1-3,6-11,13H2,(H,21,23)(H,25,26). The number of carbonyl (C=O) groups is 3. The van der Waals surface area contributed by atoms with Crippen LogP contribution in [0.1, 0.15) is 43.2 Å². The van der Waals surface area contributed by atoms with E-state index in [1.807, 2.05) is 18.2 Å². The Hall–Kier alpha value is -2.41. The molecular formula is C20H26N2O5. The van der Waals surface area contributed by atoms with Gasteiger partial charge in [-0.25, -0.2) is 0 Å². The predicted molar refractivity (Wildman–Crippen MR) is 99.5 cm³/mol. The van der Waals surface area contributed by atoms with Gasteiger partial charge in [-0.3, -0.25) is 14.4 Å². The molecule has 7 heteroatoms. The van der Waals surface area contributed by atoms with Crippen molar-refractivity contribution in [3.05, 3.63) is 29.3 Å². The molecule has 2 heterocycles. The van der Waals surface area contributed by atoms with Crippen LogP contribution in [0, 0.1) is 0 Å². The lowest BCUT2D eigenvalue weighted by molar-refractivity contribution is -0.140. The van der Waals surface area contributed by atoms with E-state index in [0.717, 1.165) is 36.1 Å². The molecule has 0 spiro atoms. The number of nitrogens with one attached hydrogen (secondary N) is 1. The minimum atomic E-state index is -0.888. The minimum absolute atomic E-state index is 0.0150. The van der Waals surface area contributed by atoms with Gasteiger partial charge < -0.3 is 20.1 Å². The maximum atomic E-state index is 12.7. The first kappa shape index (κ1) is 19.4. The summed E-state index contributed by atoms with van der Waals surface area (Å²) in [6.45, 7) is 1.48. The molecule has 2 aliphatic heterocycles. The number of fused-ring (bicyclic) bond motifs is 1. The molecule has 2 amide bonds. The summed E-state index contributed by atoms with van der Waals surface area (Å²) in [5.74, 6) is -0.856. The van der Waals surface area contributed by atoms with Crippen molar-refractivity contribution in [1.82, 2.24) is 4.90 Å². The van der Waals surface area contributed by atoms with Crippen molar-refractivity contribution in [2.24, 2.45) is 0 Å². The first-order chi connectivity index (χ1) is 13.0. The number of anilines is 1. The van der Waals surface area contributed by atoms with E-state index in [2.05, 4.69) is 5.32 Å². The van der Waals surface area contributed by atoms with Gasteiger partial charge in [-0.15, -0.1) is 0 Å². The fraction of sp³-hybridized carbons (Fsp3) is 0.550. The van der Waals surface area contributed by atoms with Gasteiger partial charge in [-0.1, -0.05) is 12.1 Å². The number of carboxylic acids is 1. The van der Waals surface area contributed by atoms with Gasteiger partial charge >= 0.3 is 5.97 Å². The first-order valence-corrected chi connectivity index (χ1v) is 9.53. The fourth-order valence-corrected chi connectivity index (χ4v) is 3.75. The summed E-state index contributed by atoms with van der Waals surface area (Å²) in [5.41, 5.74) is 2.99. The summed E-state index contributed by atoms with van der Waals surface area (Å²) >= 11 is 0. The van der Waals surface area contributed by atoms with Crippen molar-refractivity contribution >= 4 is 23.5 Å². The third kappa shape index (κ3) is 5.29. The second-order valence-electron chi connectivity index (χ2n) is 7.14. The Kier molecular flexibility index (Phi) is 6.45. The van der Waals surface area contributed by atoms with E-state index >= 15 is 0 Å². The number of aliphatic carboxylic acids is 1. The lowest BCUT2D eigenvalue weighted by Crippen LogP contribution is -2.44. The monoisotopic (exact) mass is 374 g/mol. The molecule has 0 bridgehead atoms. The van der Waals surface area contributed by atoms with E-state index in [4.69, 9.17) is 9.84 Å². The van der Waals surface area contributed by atoms with Crippen molar-refractivity contribution in [3.8, 4) is 0 Å². The highest BCUT2D eigenvalue weighted by Crippen LogP contribution is 2.24. The lowest BCUT2D eigenvalue weighted by Gasteiger charge is -2.34. The first-order valence-electron chi connectivity index (χ1n) is 9.53. The van der Waals surface area contributed by atoms with Crippen LogP contribution in [0.3, 0.4) is 0 Å². The zero-order valence-electron chi connectivity index (χ0n) is 15.4. The summed E-state index contributed by atoms with van der Waals surface area (Å²) in [7, 11) is 0. The van der Waals surface area contributed by atoms with E-state index in [1.54, 1.807) is 4.90 Å². The quantitative estimate of drug-likeness (QED) is 0.725. The molecule has 27 heavy (non-hydrogen) atoms. The largest absolute Gasteiger partial charge is 0.481 e. The highest BCUT2D eigenvalue weighted by molar-refractivity contribution is 5.99. The Balaban J connectivity index is 1.53. The molecule has 0 radical (unpaired) electrons. The van der Waals surface area contributed by atoms with Crippen molar-refractivity contribution in [1.29, 1.82) is 0 Å². The Morgan fingerprint density at radius 1 is 1.22 bits per heavy atom. The normalized spacial score (nSPS) is 16.7. The van der Waals surface area contributed by atoms with Crippen LogP contribution < -0.4 is 5.32 Å². The van der Waals surface area contributed by atoms with Crippen LogP contribution >= 0.6 is 0 Å². The fourth-order valence-electron chi connectivity index (χ4n) is 3.75. The SMILES string of the molecule is O=C(O)CCN(C(=O)CCCc1ccc2c(c1)CC(=O)N2)C1CCOCC1. The smallest absolute Gasteiger partial charge is 0.305 e. The summed E-state index contributed by atoms with van der Waals surface area (Å²) in [6, 6.07) is 6.00. The number of carbonyl (C=O) groups excluding carboxylic acids is 2. The van der Waals surface area contributed by atoms with Crippen LogP contribution in [0.2, 0.25) is 0 Å². The number of carboxylic acid groups (broad SMARTS) is 1. The minimum Gasteiger partial charge on any atom is -0.481 e. The van der Waals surface area contributed by atoms with E-state index in [0.29, 0.717) is 32.5 Å². The van der Waals surface area contributed by atoms with Crippen LogP contribution in [0.4, 0.5) is 5.69 Å². The number of hydrogen-bond donors (Lipinski definition) is 2. The van der Waals surface area contributed by atoms with Crippen molar-refractivity contribution in [2.45, 2.75) is 51.0 Å². The third-order valence-corrected chi connectivity index (χ3v) is 5.17. The summed E-state index contributed by atoms with van der Waals surface area (Å²) < 4.78 is 5.35. The van der Waals surface area contributed by atoms with Crippen LogP contribution in [-0.4, -0.2) is 53.6 Å². The van der Waals surface area contributed by atoms with Crippen molar-refractivity contribution in [3.63, 3.8) is 0 Å². The molecule has 1 aromatic carbocycles. The molecule has 1 aromatic rings. The molecule has 2 aliphatic rings. The van der Waals surface area contributed by atoms with Gasteiger partial charge in [-0.05, 0) is 42.9 Å². The van der Waals surface area contributed by atoms with Gasteiger partial charge in [0, 0.05) is 37.9 Å². The summed E-state index contributed by atoms with van der Waals surface area (Å²) in [4.78, 5) is 36.8. The van der Waals surface area contributed by atoms with Gasteiger partial charge in [0.15, 0.2) is 0 Å². The predicted octanol–water partition coefficient (Wildman–Crippen LogP) is 1.99. The van der Waals surface area contributed by atoms with Gasteiger partial charge in [0.25, 0.3) is 0 Å². The van der Waals surface area contributed by atoms with Gasteiger partial charge in [0.2, 0.25) is 11.8 Å². The van der Waals surface area contributed by atoms with Crippen LogP contribution in [0.15, 0.2) is 18.2 Å². The summed E-state index contributed by atoms with van der Waals surface area (Å²) in [6.07, 6.45) is 3.75.